The van der Waals surface area contributed by atoms with E-state index >= 15 is 0 Å². The van der Waals surface area contributed by atoms with E-state index in [2.05, 4.69) is 0 Å². The van der Waals surface area contributed by atoms with Gasteiger partial charge < -0.3 is 5.11 Å². The Hall–Kier alpha value is -2.25. The number of carbonyl (C=O) groups is 1. The van der Waals surface area contributed by atoms with Gasteiger partial charge in [-0.1, -0.05) is 0 Å². The highest BCUT2D eigenvalue weighted by molar-refractivity contribution is 5.77. The lowest BCUT2D eigenvalue weighted by atomic mass is 9.82. The molecule has 1 N–H and O–H groups in total. The van der Waals surface area contributed by atoms with Crippen molar-refractivity contribution in [2.45, 2.75) is 38.4 Å². The van der Waals surface area contributed by atoms with Gasteiger partial charge >= 0.3 is 17.8 Å². The van der Waals surface area contributed by atoms with Crippen molar-refractivity contribution in [3.63, 3.8) is 0 Å². The molecular formula is C17H19F3N2O3. The molecule has 1 heterocycles. The normalized spacial score (nSPS) is 21.6. The smallest absolute Gasteiger partial charge is 0.416 e. The van der Waals surface area contributed by atoms with Gasteiger partial charge in [0, 0.05) is 13.6 Å². The van der Waals surface area contributed by atoms with Crippen molar-refractivity contribution < 1.29 is 23.1 Å². The first-order chi connectivity index (χ1) is 11.7. The first-order valence-corrected chi connectivity index (χ1v) is 8.17. The lowest BCUT2D eigenvalue weighted by molar-refractivity contribution is -0.143. The number of benzene rings is 1. The van der Waals surface area contributed by atoms with Crippen molar-refractivity contribution in [3.05, 3.63) is 34.2 Å². The third kappa shape index (κ3) is 3.29. The van der Waals surface area contributed by atoms with Crippen LogP contribution in [-0.2, 0) is 24.6 Å². The van der Waals surface area contributed by atoms with E-state index in [1.165, 1.54) is 22.2 Å². The molecule has 0 unspecified atom stereocenters. The molecule has 1 saturated carbocycles. The molecule has 2 aromatic rings. The molecule has 0 saturated heterocycles. The van der Waals surface area contributed by atoms with Crippen LogP contribution in [0, 0.1) is 11.8 Å². The van der Waals surface area contributed by atoms with Gasteiger partial charge in [0.25, 0.3) is 0 Å². The Bertz CT molecular complexity index is 858. The van der Waals surface area contributed by atoms with Crippen LogP contribution in [0.2, 0.25) is 0 Å². The van der Waals surface area contributed by atoms with Crippen LogP contribution < -0.4 is 5.69 Å². The van der Waals surface area contributed by atoms with E-state index in [0.717, 1.165) is 12.1 Å². The lowest BCUT2D eigenvalue weighted by Gasteiger charge is -2.26. The largest absolute Gasteiger partial charge is 0.481 e. The molecule has 0 spiro atoms. The zero-order valence-corrected chi connectivity index (χ0v) is 13.7. The maximum absolute atomic E-state index is 13.0. The SMILES string of the molecule is Cn1c(=O)n(CC2CCC(C(=O)O)CC2)c2cc(C(F)(F)F)ccc21. The lowest BCUT2D eigenvalue weighted by Crippen LogP contribution is -2.28. The quantitative estimate of drug-likeness (QED) is 0.918. The average molecular weight is 356 g/mol. The predicted molar refractivity (Wildman–Crippen MR) is 85.3 cm³/mol. The molecule has 0 aliphatic heterocycles. The van der Waals surface area contributed by atoms with Crippen LogP contribution in [0.25, 0.3) is 11.0 Å². The standard InChI is InChI=1S/C17H19F3N2O3/c1-21-13-7-6-12(17(18,19)20)8-14(13)22(16(21)25)9-10-2-4-11(5-3-10)15(23)24/h6-8,10-11H,2-5,9H2,1H3,(H,23,24). The third-order valence-corrected chi connectivity index (χ3v) is 5.11. The summed E-state index contributed by atoms with van der Waals surface area (Å²) in [6.45, 7) is 0.309. The Morgan fingerprint density at radius 2 is 1.84 bits per heavy atom. The Balaban J connectivity index is 1.92. The molecule has 1 fully saturated rings. The fourth-order valence-corrected chi connectivity index (χ4v) is 3.61. The Kier molecular flexibility index (Phi) is 4.38. The number of carboxylic acid groups (broad SMARTS) is 1. The molecule has 5 nitrogen and oxygen atoms in total. The Labute approximate surface area is 141 Å². The van der Waals surface area contributed by atoms with Crippen molar-refractivity contribution in [1.29, 1.82) is 0 Å². The van der Waals surface area contributed by atoms with Gasteiger partial charge in [0.1, 0.15) is 0 Å². The maximum atomic E-state index is 13.0. The number of aryl methyl sites for hydroxylation is 1. The van der Waals surface area contributed by atoms with E-state index in [1.807, 2.05) is 0 Å². The van der Waals surface area contributed by atoms with Crippen LogP contribution in [0.4, 0.5) is 13.2 Å². The third-order valence-electron chi connectivity index (χ3n) is 5.11. The molecule has 0 bridgehead atoms. The molecule has 1 aliphatic carbocycles. The van der Waals surface area contributed by atoms with Gasteiger partial charge in [-0.3, -0.25) is 13.9 Å². The average Bonchev–Trinajstić information content (AvgIpc) is 2.79. The first-order valence-electron chi connectivity index (χ1n) is 8.17. The van der Waals surface area contributed by atoms with Gasteiger partial charge in [-0.2, -0.15) is 13.2 Å². The second-order valence-corrected chi connectivity index (χ2v) is 6.71. The summed E-state index contributed by atoms with van der Waals surface area (Å²) in [4.78, 5) is 23.5. The Morgan fingerprint density at radius 3 is 2.40 bits per heavy atom. The monoisotopic (exact) mass is 356 g/mol. The van der Waals surface area contributed by atoms with E-state index in [4.69, 9.17) is 5.11 Å². The van der Waals surface area contributed by atoms with Gasteiger partial charge in [-0.05, 0) is 49.8 Å². The summed E-state index contributed by atoms with van der Waals surface area (Å²) >= 11 is 0. The van der Waals surface area contributed by atoms with Crippen LogP contribution in [0.5, 0.6) is 0 Å². The number of alkyl halides is 3. The van der Waals surface area contributed by atoms with E-state index in [9.17, 15) is 22.8 Å². The van der Waals surface area contributed by atoms with E-state index < -0.39 is 17.7 Å². The number of halogens is 3. The highest BCUT2D eigenvalue weighted by Crippen LogP contribution is 2.33. The number of rotatable bonds is 3. The number of hydrogen-bond acceptors (Lipinski definition) is 2. The van der Waals surface area contributed by atoms with Gasteiger partial charge in [-0.15, -0.1) is 0 Å². The Morgan fingerprint density at radius 1 is 1.20 bits per heavy atom. The molecule has 1 aliphatic rings. The molecule has 0 amide bonds. The summed E-state index contributed by atoms with van der Waals surface area (Å²) in [7, 11) is 1.54. The summed E-state index contributed by atoms with van der Waals surface area (Å²) in [6, 6.07) is 3.31. The van der Waals surface area contributed by atoms with E-state index in [1.54, 1.807) is 0 Å². The van der Waals surface area contributed by atoms with Crippen LogP contribution in [0.15, 0.2) is 23.0 Å². The molecule has 1 aromatic heterocycles. The number of aromatic nitrogens is 2. The zero-order valence-electron chi connectivity index (χ0n) is 13.7. The molecule has 136 valence electrons. The van der Waals surface area contributed by atoms with Gasteiger partial charge in [0.05, 0.1) is 22.5 Å². The number of imidazole rings is 1. The molecule has 8 heteroatoms. The number of fused-ring (bicyclic) bond motifs is 1. The highest BCUT2D eigenvalue weighted by atomic mass is 19.4. The summed E-state index contributed by atoms with van der Waals surface area (Å²) in [5, 5.41) is 9.04. The molecule has 1 aromatic carbocycles. The second kappa shape index (κ2) is 6.24. The molecule has 25 heavy (non-hydrogen) atoms. The van der Waals surface area contributed by atoms with Gasteiger partial charge in [0.2, 0.25) is 0 Å². The van der Waals surface area contributed by atoms with Crippen molar-refractivity contribution in [2.75, 3.05) is 0 Å². The van der Waals surface area contributed by atoms with Crippen LogP contribution in [0.1, 0.15) is 31.2 Å². The predicted octanol–water partition coefficient (Wildman–Crippen LogP) is 3.25. The zero-order chi connectivity index (χ0) is 18.4. The summed E-state index contributed by atoms with van der Waals surface area (Å²) in [6.07, 6.45) is -2.09. The van der Waals surface area contributed by atoms with Crippen LogP contribution >= 0.6 is 0 Å². The molecule has 0 atom stereocenters. The number of nitrogens with zero attached hydrogens (tertiary/aromatic N) is 2. The number of hydrogen-bond donors (Lipinski definition) is 1. The molecule has 0 radical (unpaired) electrons. The second-order valence-electron chi connectivity index (χ2n) is 6.71. The van der Waals surface area contributed by atoms with E-state index in [-0.39, 0.29) is 23.0 Å². The summed E-state index contributed by atoms with van der Waals surface area (Å²) in [5.41, 5.74) is -0.413. The summed E-state index contributed by atoms with van der Waals surface area (Å²) < 4.78 is 41.7. The number of aliphatic carboxylic acids is 1. The topological polar surface area (TPSA) is 64.2 Å². The highest BCUT2D eigenvalue weighted by Gasteiger charge is 2.32. The summed E-state index contributed by atoms with van der Waals surface area (Å²) in [5.74, 6) is -1.08. The maximum Gasteiger partial charge on any atom is 0.416 e. The van der Waals surface area contributed by atoms with Crippen molar-refractivity contribution >= 4 is 17.0 Å². The van der Waals surface area contributed by atoms with Gasteiger partial charge in [-0.25, -0.2) is 4.79 Å². The fourth-order valence-electron chi connectivity index (χ4n) is 3.61. The minimum atomic E-state index is -4.47. The number of carboxylic acids is 1. The van der Waals surface area contributed by atoms with Crippen LogP contribution in [-0.4, -0.2) is 20.2 Å². The molecule has 3 rings (SSSR count). The molecular weight excluding hydrogens is 337 g/mol. The van der Waals surface area contributed by atoms with Crippen molar-refractivity contribution in [2.24, 2.45) is 18.9 Å². The fraction of sp³-hybridized carbons (Fsp3) is 0.529. The van der Waals surface area contributed by atoms with Crippen molar-refractivity contribution in [3.8, 4) is 0 Å². The minimum absolute atomic E-state index is 0.0912. The van der Waals surface area contributed by atoms with Crippen LogP contribution in [0.3, 0.4) is 0 Å². The van der Waals surface area contributed by atoms with Gasteiger partial charge in [0.15, 0.2) is 0 Å². The van der Waals surface area contributed by atoms with E-state index in [0.29, 0.717) is 37.7 Å². The first kappa shape index (κ1) is 17.6. The minimum Gasteiger partial charge on any atom is -0.481 e. The van der Waals surface area contributed by atoms with Crippen molar-refractivity contribution in [1.82, 2.24) is 9.13 Å².